The lowest BCUT2D eigenvalue weighted by molar-refractivity contribution is -0.105. The molecule has 17 heavy (non-hydrogen) atoms. The van der Waals surface area contributed by atoms with E-state index in [9.17, 15) is 4.79 Å². The van der Waals surface area contributed by atoms with E-state index in [1.807, 2.05) is 7.05 Å². The first-order valence-corrected chi connectivity index (χ1v) is 6.30. The lowest BCUT2D eigenvalue weighted by atomic mass is 9.96. The standard InChI is InChI=1S/C15H19NO/c1-16-14-9-7-12(8-10-14)15-6-4-2-3-5-13(15)11-17/h7-11,16H,2-6H2,1H3. The number of anilines is 1. The first kappa shape index (κ1) is 11.9. The molecule has 1 aromatic carbocycles. The van der Waals surface area contributed by atoms with Crippen LogP contribution in [0.1, 0.15) is 37.7 Å². The Balaban J connectivity index is 2.33. The third-order valence-corrected chi connectivity index (χ3v) is 3.42. The maximum absolute atomic E-state index is 11.1. The topological polar surface area (TPSA) is 29.1 Å². The van der Waals surface area contributed by atoms with Crippen LogP contribution in [0.25, 0.3) is 5.57 Å². The molecule has 0 radical (unpaired) electrons. The Morgan fingerprint density at radius 3 is 2.41 bits per heavy atom. The van der Waals surface area contributed by atoms with Crippen LogP contribution in [0.3, 0.4) is 0 Å². The molecule has 0 atom stereocenters. The monoisotopic (exact) mass is 229 g/mol. The van der Waals surface area contributed by atoms with Crippen molar-refractivity contribution < 1.29 is 4.79 Å². The van der Waals surface area contributed by atoms with E-state index in [2.05, 4.69) is 29.6 Å². The summed E-state index contributed by atoms with van der Waals surface area (Å²) >= 11 is 0. The molecule has 0 fully saturated rings. The van der Waals surface area contributed by atoms with Gasteiger partial charge in [-0.05, 0) is 54.5 Å². The fourth-order valence-electron chi connectivity index (χ4n) is 2.40. The quantitative estimate of drug-likeness (QED) is 0.802. The number of rotatable bonds is 3. The zero-order valence-electron chi connectivity index (χ0n) is 10.3. The van der Waals surface area contributed by atoms with Gasteiger partial charge in [-0.3, -0.25) is 4.79 Å². The predicted octanol–water partition coefficient (Wildman–Crippen LogP) is 3.64. The van der Waals surface area contributed by atoms with Crippen molar-refractivity contribution in [1.82, 2.24) is 0 Å². The minimum atomic E-state index is 0.937. The van der Waals surface area contributed by atoms with Crippen LogP contribution < -0.4 is 5.32 Å². The zero-order chi connectivity index (χ0) is 12.1. The van der Waals surface area contributed by atoms with E-state index in [4.69, 9.17) is 0 Å². The second-order valence-electron chi connectivity index (χ2n) is 4.51. The van der Waals surface area contributed by atoms with Gasteiger partial charge in [0.1, 0.15) is 6.29 Å². The Bertz CT molecular complexity index is 417. The van der Waals surface area contributed by atoms with Crippen molar-refractivity contribution in [2.75, 3.05) is 12.4 Å². The first-order valence-electron chi connectivity index (χ1n) is 6.30. The number of carbonyl (C=O) groups excluding carboxylic acids is 1. The lowest BCUT2D eigenvalue weighted by Gasteiger charge is -2.09. The van der Waals surface area contributed by atoms with Crippen LogP contribution in [-0.4, -0.2) is 13.3 Å². The molecule has 0 aromatic heterocycles. The maximum Gasteiger partial charge on any atom is 0.146 e. The normalized spacial score (nSPS) is 16.5. The highest BCUT2D eigenvalue weighted by atomic mass is 16.1. The van der Waals surface area contributed by atoms with E-state index < -0.39 is 0 Å². The number of hydrogen-bond acceptors (Lipinski definition) is 2. The van der Waals surface area contributed by atoms with E-state index in [1.165, 1.54) is 24.0 Å². The average molecular weight is 229 g/mol. The van der Waals surface area contributed by atoms with Crippen LogP contribution in [0.2, 0.25) is 0 Å². The van der Waals surface area contributed by atoms with Crippen molar-refractivity contribution in [2.24, 2.45) is 0 Å². The van der Waals surface area contributed by atoms with Crippen LogP contribution in [0.4, 0.5) is 5.69 Å². The van der Waals surface area contributed by atoms with E-state index in [0.29, 0.717) is 0 Å². The molecule has 1 aliphatic carbocycles. The van der Waals surface area contributed by atoms with E-state index >= 15 is 0 Å². The smallest absolute Gasteiger partial charge is 0.146 e. The SMILES string of the molecule is CNc1ccc(C2=C(C=O)CCCCC2)cc1. The van der Waals surface area contributed by atoms with Crippen molar-refractivity contribution >= 4 is 17.5 Å². The molecule has 0 saturated heterocycles. The second kappa shape index (κ2) is 5.67. The zero-order valence-corrected chi connectivity index (χ0v) is 10.3. The third kappa shape index (κ3) is 2.76. The Labute approximate surface area is 103 Å². The molecule has 2 heteroatoms. The summed E-state index contributed by atoms with van der Waals surface area (Å²) in [6, 6.07) is 8.34. The summed E-state index contributed by atoms with van der Waals surface area (Å²) in [5.41, 5.74) is 4.56. The highest BCUT2D eigenvalue weighted by Crippen LogP contribution is 2.30. The highest BCUT2D eigenvalue weighted by Gasteiger charge is 2.12. The van der Waals surface area contributed by atoms with E-state index in [-0.39, 0.29) is 0 Å². The van der Waals surface area contributed by atoms with Gasteiger partial charge < -0.3 is 5.32 Å². The fourth-order valence-corrected chi connectivity index (χ4v) is 2.40. The van der Waals surface area contributed by atoms with Gasteiger partial charge in [0.15, 0.2) is 0 Å². The summed E-state index contributed by atoms with van der Waals surface area (Å²) in [6.45, 7) is 0. The van der Waals surface area contributed by atoms with Gasteiger partial charge in [-0.2, -0.15) is 0 Å². The first-order chi connectivity index (χ1) is 8.35. The minimum Gasteiger partial charge on any atom is -0.388 e. The van der Waals surface area contributed by atoms with Gasteiger partial charge >= 0.3 is 0 Å². The van der Waals surface area contributed by atoms with Crippen LogP contribution >= 0.6 is 0 Å². The van der Waals surface area contributed by atoms with Crippen molar-refractivity contribution in [3.8, 4) is 0 Å². The third-order valence-electron chi connectivity index (χ3n) is 3.42. The number of benzene rings is 1. The second-order valence-corrected chi connectivity index (χ2v) is 4.51. The molecule has 90 valence electrons. The summed E-state index contributed by atoms with van der Waals surface area (Å²) in [6.07, 6.45) is 6.59. The molecular formula is C15H19NO. The molecule has 1 aromatic rings. The summed E-state index contributed by atoms with van der Waals surface area (Å²) in [5.74, 6) is 0. The molecule has 1 aliphatic rings. The largest absolute Gasteiger partial charge is 0.388 e. The van der Waals surface area contributed by atoms with E-state index in [1.54, 1.807) is 0 Å². The van der Waals surface area contributed by atoms with Gasteiger partial charge in [-0.25, -0.2) is 0 Å². The van der Waals surface area contributed by atoms with Gasteiger partial charge in [-0.15, -0.1) is 0 Å². The molecule has 0 saturated carbocycles. The Morgan fingerprint density at radius 2 is 1.76 bits per heavy atom. The Hall–Kier alpha value is -1.57. The molecule has 0 aliphatic heterocycles. The number of carbonyl (C=O) groups is 1. The highest BCUT2D eigenvalue weighted by molar-refractivity contribution is 5.88. The van der Waals surface area contributed by atoms with Gasteiger partial charge in [0.25, 0.3) is 0 Å². The van der Waals surface area contributed by atoms with Crippen LogP contribution in [0, 0.1) is 0 Å². The van der Waals surface area contributed by atoms with Gasteiger partial charge in [0, 0.05) is 12.7 Å². The van der Waals surface area contributed by atoms with Gasteiger partial charge in [0.05, 0.1) is 0 Å². The molecule has 0 amide bonds. The molecule has 1 N–H and O–H groups in total. The molecule has 0 heterocycles. The predicted molar refractivity (Wildman–Crippen MR) is 72.1 cm³/mol. The van der Waals surface area contributed by atoms with Crippen LogP contribution in [-0.2, 0) is 4.79 Å². The molecule has 0 unspecified atom stereocenters. The van der Waals surface area contributed by atoms with Crippen molar-refractivity contribution in [3.05, 3.63) is 35.4 Å². The molecule has 0 bridgehead atoms. The molecule has 0 spiro atoms. The maximum atomic E-state index is 11.1. The van der Waals surface area contributed by atoms with Crippen molar-refractivity contribution in [3.63, 3.8) is 0 Å². The van der Waals surface area contributed by atoms with Crippen molar-refractivity contribution in [2.45, 2.75) is 32.1 Å². The Kier molecular flexibility index (Phi) is 3.97. The summed E-state index contributed by atoms with van der Waals surface area (Å²) < 4.78 is 0. The van der Waals surface area contributed by atoms with Gasteiger partial charge in [-0.1, -0.05) is 18.6 Å². The van der Waals surface area contributed by atoms with Crippen molar-refractivity contribution in [1.29, 1.82) is 0 Å². The molecule has 2 rings (SSSR count). The van der Waals surface area contributed by atoms with Crippen LogP contribution in [0.5, 0.6) is 0 Å². The summed E-state index contributed by atoms with van der Waals surface area (Å²) in [7, 11) is 1.91. The average Bonchev–Trinajstić information content (AvgIpc) is 2.64. The number of aldehydes is 1. The number of nitrogens with one attached hydrogen (secondary N) is 1. The number of hydrogen-bond donors (Lipinski definition) is 1. The fraction of sp³-hybridized carbons (Fsp3) is 0.400. The molecule has 2 nitrogen and oxygen atoms in total. The van der Waals surface area contributed by atoms with Gasteiger partial charge in [0.2, 0.25) is 0 Å². The molecular weight excluding hydrogens is 210 g/mol. The Morgan fingerprint density at radius 1 is 1.06 bits per heavy atom. The summed E-state index contributed by atoms with van der Waals surface area (Å²) in [4.78, 5) is 11.1. The summed E-state index contributed by atoms with van der Waals surface area (Å²) in [5, 5.41) is 3.11. The lowest BCUT2D eigenvalue weighted by Crippen LogP contribution is -1.93. The minimum absolute atomic E-state index is 0.937. The van der Waals surface area contributed by atoms with Crippen LogP contribution in [0.15, 0.2) is 29.8 Å². The van der Waals surface area contributed by atoms with E-state index in [0.717, 1.165) is 36.8 Å². The number of allylic oxidation sites excluding steroid dienone is 2.